The van der Waals surface area contributed by atoms with Crippen molar-refractivity contribution in [1.82, 2.24) is 15.2 Å². The number of carbonyl (C=O) groups is 2. The molecule has 0 N–H and O–H groups in total. The Kier molecular flexibility index (Phi) is 5.40. The van der Waals surface area contributed by atoms with Gasteiger partial charge in [0.25, 0.3) is 0 Å². The molecule has 0 bridgehead atoms. The number of rotatable bonds is 5. The molecular formula is C13H14N4O2S2. The molecule has 0 radical (unpaired) electrons. The lowest BCUT2D eigenvalue weighted by molar-refractivity contribution is -0.117. The standard InChI is InChI=1S/C13H14N4O2S2/c1-9(18)20-7-5-11(19)17(2)13-16-15-12(21-13)10-4-3-6-14-8-10/h3-4,6,8H,5,7H2,1-2H3. The molecule has 2 aromatic rings. The summed E-state index contributed by atoms with van der Waals surface area (Å²) in [7, 11) is 1.66. The maximum absolute atomic E-state index is 12.0. The number of nitrogens with zero attached hydrogens (tertiary/aromatic N) is 4. The van der Waals surface area contributed by atoms with Crippen LogP contribution >= 0.6 is 23.1 Å². The number of thioether (sulfide) groups is 1. The summed E-state index contributed by atoms with van der Waals surface area (Å²) < 4.78 is 0. The minimum Gasteiger partial charge on any atom is -0.290 e. The number of anilines is 1. The Morgan fingerprint density at radius 2 is 2.19 bits per heavy atom. The minimum atomic E-state index is -0.0855. The molecule has 2 heterocycles. The van der Waals surface area contributed by atoms with E-state index >= 15 is 0 Å². The van der Waals surface area contributed by atoms with Gasteiger partial charge in [0.2, 0.25) is 11.0 Å². The van der Waals surface area contributed by atoms with Crippen molar-refractivity contribution in [2.24, 2.45) is 0 Å². The monoisotopic (exact) mass is 322 g/mol. The molecule has 2 aromatic heterocycles. The lowest BCUT2D eigenvalue weighted by Gasteiger charge is -2.12. The van der Waals surface area contributed by atoms with Gasteiger partial charge in [-0.3, -0.25) is 19.5 Å². The zero-order chi connectivity index (χ0) is 15.2. The first-order valence-electron chi connectivity index (χ1n) is 6.21. The number of pyridine rings is 1. The maximum Gasteiger partial charge on any atom is 0.229 e. The third-order valence-corrected chi connectivity index (χ3v) is 4.47. The molecule has 0 saturated carbocycles. The van der Waals surface area contributed by atoms with Gasteiger partial charge < -0.3 is 0 Å². The van der Waals surface area contributed by atoms with Crippen molar-refractivity contribution in [3.8, 4) is 10.6 Å². The van der Waals surface area contributed by atoms with Gasteiger partial charge in [0.05, 0.1) is 0 Å². The van der Waals surface area contributed by atoms with E-state index in [1.165, 1.54) is 23.2 Å². The molecule has 6 nitrogen and oxygen atoms in total. The molecule has 0 atom stereocenters. The van der Waals surface area contributed by atoms with Crippen molar-refractivity contribution in [3.05, 3.63) is 24.5 Å². The Hall–Kier alpha value is -1.80. The second-order valence-corrected chi connectivity index (χ2v) is 6.40. The number of aromatic nitrogens is 3. The number of hydrogen-bond donors (Lipinski definition) is 0. The van der Waals surface area contributed by atoms with Gasteiger partial charge in [-0.25, -0.2) is 0 Å². The Morgan fingerprint density at radius 3 is 2.86 bits per heavy atom. The van der Waals surface area contributed by atoms with Crippen LogP contribution < -0.4 is 4.90 Å². The Bertz CT molecular complexity index is 630. The zero-order valence-corrected chi connectivity index (χ0v) is 13.3. The SMILES string of the molecule is CC(=O)SCCC(=O)N(C)c1nnc(-c2cccnc2)s1. The van der Waals surface area contributed by atoms with E-state index in [4.69, 9.17) is 0 Å². The van der Waals surface area contributed by atoms with Crippen LogP contribution in [0.3, 0.4) is 0 Å². The summed E-state index contributed by atoms with van der Waals surface area (Å²) in [5, 5.41) is 9.37. The molecule has 2 rings (SSSR count). The van der Waals surface area contributed by atoms with Crippen molar-refractivity contribution in [3.63, 3.8) is 0 Å². The van der Waals surface area contributed by atoms with Crippen molar-refractivity contribution in [2.75, 3.05) is 17.7 Å². The largest absolute Gasteiger partial charge is 0.290 e. The maximum atomic E-state index is 12.0. The van der Waals surface area contributed by atoms with Crippen molar-refractivity contribution >= 4 is 39.3 Å². The van der Waals surface area contributed by atoms with E-state index in [9.17, 15) is 9.59 Å². The highest BCUT2D eigenvalue weighted by molar-refractivity contribution is 8.13. The first-order valence-corrected chi connectivity index (χ1v) is 8.02. The van der Waals surface area contributed by atoms with Gasteiger partial charge in [-0.05, 0) is 12.1 Å². The van der Waals surface area contributed by atoms with Crippen LogP contribution in [0.15, 0.2) is 24.5 Å². The lowest BCUT2D eigenvalue weighted by atomic mass is 10.3. The van der Waals surface area contributed by atoms with E-state index in [1.54, 1.807) is 19.4 Å². The minimum absolute atomic E-state index is 0.0141. The summed E-state index contributed by atoms with van der Waals surface area (Å²) in [6.45, 7) is 1.49. The Labute approximate surface area is 130 Å². The molecule has 21 heavy (non-hydrogen) atoms. The van der Waals surface area contributed by atoms with Crippen molar-refractivity contribution in [2.45, 2.75) is 13.3 Å². The zero-order valence-electron chi connectivity index (χ0n) is 11.6. The number of hydrogen-bond acceptors (Lipinski definition) is 7. The van der Waals surface area contributed by atoms with E-state index < -0.39 is 0 Å². The van der Waals surface area contributed by atoms with Gasteiger partial charge in [0, 0.05) is 44.1 Å². The van der Waals surface area contributed by atoms with E-state index in [2.05, 4.69) is 15.2 Å². The quantitative estimate of drug-likeness (QED) is 0.840. The molecule has 0 saturated heterocycles. The van der Waals surface area contributed by atoms with Crippen LogP contribution in [0.1, 0.15) is 13.3 Å². The first-order chi connectivity index (χ1) is 10.1. The predicted molar refractivity (Wildman–Crippen MR) is 84.3 cm³/mol. The molecule has 0 unspecified atom stereocenters. The van der Waals surface area contributed by atoms with E-state index in [0.29, 0.717) is 17.3 Å². The van der Waals surface area contributed by atoms with Crippen LogP contribution in [0.5, 0.6) is 0 Å². The average molecular weight is 322 g/mol. The Balaban J connectivity index is 2.00. The fourth-order valence-corrected chi connectivity index (χ4v) is 2.89. The molecule has 0 aliphatic rings. The Morgan fingerprint density at radius 1 is 1.38 bits per heavy atom. The second kappa shape index (κ2) is 7.28. The van der Waals surface area contributed by atoms with Crippen LogP contribution in [0.2, 0.25) is 0 Å². The molecule has 110 valence electrons. The van der Waals surface area contributed by atoms with Gasteiger partial charge >= 0.3 is 0 Å². The summed E-state index contributed by atoms with van der Waals surface area (Å²) in [5.74, 6) is 0.393. The highest BCUT2D eigenvalue weighted by Crippen LogP contribution is 2.27. The molecule has 0 aromatic carbocycles. The molecule has 0 fully saturated rings. The van der Waals surface area contributed by atoms with Gasteiger partial charge in [-0.15, -0.1) is 10.2 Å². The van der Waals surface area contributed by atoms with Crippen LogP contribution in [0.25, 0.3) is 10.6 Å². The summed E-state index contributed by atoms with van der Waals surface area (Å²) in [5.41, 5.74) is 0.870. The van der Waals surface area contributed by atoms with Gasteiger partial charge in [-0.2, -0.15) is 0 Å². The normalized spacial score (nSPS) is 10.4. The van der Waals surface area contributed by atoms with E-state index in [1.807, 2.05) is 12.1 Å². The molecular weight excluding hydrogens is 308 g/mol. The molecule has 0 aliphatic carbocycles. The fraction of sp³-hybridized carbons (Fsp3) is 0.308. The molecule has 0 aliphatic heterocycles. The first kappa shape index (κ1) is 15.6. The third-order valence-electron chi connectivity index (χ3n) is 2.61. The number of carbonyl (C=O) groups excluding carboxylic acids is 2. The highest BCUT2D eigenvalue weighted by atomic mass is 32.2. The summed E-state index contributed by atoms with van der Waals surface area (Å²) >= 11 is 2.48. The van der Waals surface area contributed by atoms with Crippen molar-refractivity contribution in [1.29, 1.82) is 0 Å². The highest BCUT2D eigenvalue weighted by Gasteiger charge is 2.16. The van der Waals surface area contributed by atoms with Crippen LogP contribution in [-0.2, 0) is 9.59 Å². The lowest BCUT2D eigenvalue weighted by Crippen LogP contribution is -2.26. The van der Waals surface area contributed by atoms with Crippen LogP contribution in [0, 0.1) is 0 Å². The molecule has 1 amide bonds. The molecule has 0 spiro atoms. The van der Waals surface area contributed by atoms with Gasteiger partial charge in [-0.1, -0.05) is 23.1 Å². The fourth-order valence-electron chi connectivity index (χ4n) is 1.51. The number of amides is 1. The third kappa shape index (κ3) is 4.33. The van der Waals surface area contributed by atoms with E-state index in [0.717, 1.165) is 22.3 Å². The summed E-state index contributed by atoms with van der Waals surface area (Å²) in [6.07, 6.45) is 3.69. The van der Waals surface area contributed by atoms with Crippen molar-refractivity contribution < 1.29 is 9.59 Å². The van der Waals surface area contributed by atoms with Gasteiger partial charge in [0.1, 0.15) is 0 Å². The predicted octanol–water partition coefficient (Wildman–Crippen LogP) is 2.23. The smallest absolute Gasteiger partial charge is 0.229 e. The molecule has 8 heteroatoms. The average Bonchev–Trinajstić information content (AvgIpc) is 2.96. The second-order valence-electron chi connectivity index (χ2n) is 4.17. The van der Waals surface area contributed by atoms with Gasteiger partial charge in [0.15, 0.2) is 10.1 Å². The summed E-state index contributed by atoms with van der Waals surface area (Å²) in [4.78, 5) is 28.3. The summed E-state index contributed by atoms with van der Waals surface area (Å²) in [6, 6.07) is 3.72. The van der Waals surface area contributed by atoms with Crippen LogP contribution in [0.4, 0.5) is 5.13 Å². The topological polar surface area (TPSA) is 76.1 Å². The van der Waals surface area contributed by atoms with E-state index in [-0.39, 0.29) is 11.0 Å². The van der Waals surface area contributed by atoms with Crippen LogP contribution in [-0.4, -0.2) is 39.0 Å².